The molecular formula is C14H15N3O4. The topological polar surface area (TPSA) is 105 Å². The second-order valence-corrected chi connectivity index (χ2v) is 4.22. The van der Waals surface area contributed by atoms with Gasteiger partial charge in [0.2, 0.25) is 0 Å². The lowest BCUT2D eigenvalue weighted by Crippen LogP contribution is -2.15. The third-order valence-electron chi connectivity index (χ3n) is 2.60. The van der Waals surface area contributed by atoms with Gasteiger partial charge in [-0.3, -0.25) is 5.32 Å². The molecule has 0 saturated carbocycles. The molecular weight excluding hydrogens is 274 g/mol. The summed E-state index contributed by atoms with van der Waals surface area (Å²) in [6, 6.07) is 9.29. The Morgan fingerprint density at radius 2 is 1.90 bits per heavy atom. The molecule has 1 aromatic heterocycles. The Kier molecular flexibility index (Phi) is 5.19. The molecule has 2 rings (SSSR count). The summed E-state index contributed by atoms with van der Waals surface area (Å²) in [5, 5.41) is 20.6. The van der Waals surface area contributed by atoms with Crippen LogP contribution in [0.25, 0.3) is 0 Å². The first kappa shape index (κ1) is 14.9. The average molecular weight is 289 g/mol. The van der Waals surface area contributed by atoms with Crippen LogP contribution in [0.15, 0.2) is 42.7 Å². The van der Waals surface area contributed by atoms with Crippen LogP contribution in [0.1, 0.15) is 17.5 Å². The zero-order chi connectivity index (χ0) is 15.1. The second-order valence-electron chi connectivity index (χ2n) is 4.22. The van der Waals surface area contributed by atoms with E-state index in [0.29, 0.717) is 5.69 Å². The van der Waals surface area contributed by atoms with Gasteiger partial charge in [0.05, 0.1) is 24.7 Å². The molecule has 1 aromatic carbocycles. The third kappa shape index (κ3) is 4.51. The van der Waals surface area contributed by atoms with E-state index in [2.05, 4.69) is 15.3 Å². The van der Waals surface area contributed by atoms with Crippen LogP contribution in [0, 0.1) is 0 Å². The molecule has 7 nitrogen and oxygen atoms in total. The summed E-state index contributed by atoms with van der Waals surface area (Å²) in [7, 11) is 0. The fourth-order valence-electron chi connectivity index (χ4n) is 1.53. The SMILES string of the molecule is O=C(Nc1cnc(C(O)CO)nc1)OCc1ccccc1. The summed E-state index contributed by atoms with van der Waals surface area (Å²) >= 11 is 0. The van der Waals surface area contributed by atoms with Crippen molar-refractivity contribution in [3.63, 3.8) is 0 Å². The maximum absolute atomic E-state index is 11.6. The predicted molar refractivity (Wildman–Crippen MR) is 74.3 cm³/mol. The number of hydrogen-bond acceptors (Lipinski definition) is 6. The van der Waals surface area contributed by atoms with Gasteiger partial charge < -0.3 is 14.9 Å². The Morgan fingerprint density at radius 1 is 1.24 bits per heavy atom. The van der Waals surface area contributed by atoms with E-state index in [1.54, 1.807) is 0 Å². The van der Waals surface area contributed by atoms with E-state index < -0.39 is 18.8 Å². The average Bonchev–Trinajstić information content (AvgIpc) is 2.54. The Morgan fingerprint density at radius 3 is 2.52 bits per heavy atom. The van der Waals surface area contributed by atoms with Crippen molar-refractivity contribution in [2.45, 2.75) is 12.7 Å². The number of hydrogen-bond donors (Lipinski definition) is 3. The maximum atomic E-state index is 11.6. The van der Waals surface area contributed by atoms with Crippen LogP contribution in [0.3, 0.4) is 0 Å². The number of amides is 1. The van der Waals surface area contributed by atoms with Gasteiger partial charge in [-0.25, -0.2) is 14.8 Å². The first-order chi connectivity index (χ1) is 10.2. The third-order valence-corrected chi connectivity index (χ3v) is 2.60. The molecule has 1 heterocycles. The van der Waals surface area contributed by atoms with Crippen molar-refractivity contribution in [3.05, 3.63) is 54.1 Å². The number of anilines is 1. The molecule has 0 saturated heterocycles. The molecule has 110 valence electrons. The first-order valence-electron chi connectivity index (χ1n) is 6.27. The smallest absolute Gasteiger partial charge is 0.412 e. The largest absolute Gasteiger partial charge is 0.444 e. The van der Waals surface area contributed by atoms with Gasteiger partial charge in [0.25, 0.3) is 0 Å². The summed E-state index contributed by atoms with van der Waals surface area (Å²) < 4.78 is 5.04. The van der Waals surface area contributed by atoms with E-state index in [1.807, 2.05) is 30.3 Å². The van der Waals surface area contributed by atoms with Crippen molar-refractivity contribution in [1.29, 1.82) is 0 Å². The van der Waals surface area contributed by atoms with Crippen LogP contribution >= 0.6 is 0 Å². The molecule has 0 aliphatic carbocycles. The van der Waals surface area contributed by atoms with Crippen molar-refractivity contribution in [1.82, 2.24) is 9.97 Å². The molecule has 21 heavy (non-hydrogen) atoms. The highest BCUT2D eigenvalue weighted by Crippen LogP contribution is 2.09. The van der Waals surface area contributed by atoms with Gasteiger partial charge in [0, 0.05) is 0 Å². The monoisotopic (exact) mass is 289 g/mol. The van der Waals surface area contributed by atoms with Crippen molar-refractivity contribution in [3.8, 4) is 0 Å². The number of carbonyl (C=O) groups is 1. The predicted octanol–water partition coefficient (Wildman–Crippen LogP) is 1.25. The highest BCUT2D eigenvalue weighted by atomic mass is 16.5. The normalized spacial score (nSPS) is 11.7. The molecule has 3 N–H and O–H groups in total. The minimum atomic E-state index is -1.14. The number of aromatic nitrogens is 2. The molecule has 0 spiro atoms. The number of ether oxygens (including phenoxy) is 1. The zero-order valence-electron chi connectivity index (χ0n) is 11.1. The van der Waals surface area contributed by atoms with E-state index in [0.717, 1.165) is 5.56 Å². The van der Waals surface area contributed by atoms with Crippen molar-refractivity contribution < 1.29 is 19.7 Å². The molecule has 0 aliphatic rings. The second kappa shape index (κ2) is 7.32. The number of carbonyl (C=O) groups excluding carboxylic acids is 1. The number of aliphatic hydroxyl groups is 2. The lowest BCUT2D eigenvalue weighted by Gasteiger charge is -2.08. The summed E-state index contributed by atoms with van der Waals surface area (Å²) in [6.07, 6.45) is 0.887. The van der Waals surface area contributed by atoms with E-state index >= 15 is 0 Å². The lowest BCUT2D eigenvalue weighted by molar-refractivity contribution is 0.0886. The van der Waals surface area contributed by atoms with E-state index in [9.17, 15) is 9.90 Å². The van der Waals surface area contributed by atoms with Gasteiger partial charge in [-0.05, 0) is 5.56 Å². The summed E-state index contributed by atoms with van der Waals surface area (Å²) in [5.74, 6) is 0.0840. The molecule has 0 fully saturated rings. The Balaban J connectivity index is 1.85. The first-order valence-corrected chi connectivity index (χ1v) is 6.27. The van der Waals surface area contributed by atoms with Crippen molar-refractivity contribution in [2.24, 2.45) is 0 Å². The molecule has 1 amide bonds. The van der Waals surface area contributed by atoms with Crippen LogP contribution in [-0.4, -0.2) is 32.9 Å². The zero-order valence-corrected chi connectivity index (χ0v) is 11.1. The highest BCUT2D eigenvalue weighted by Gasteiger charge is 2.10. The van der Waals surface area contributed by atoms with E-state index in [1.165, 1.54) is 12.4 Å². The van der Waals surface area contributed by atoms with Gasteiger partial charge in [-0.2, -0.15) is 0 Å². The maximum Gasteiger partial charge on any atom is 0.412 e. The van der Waals surface area contributed by atoms with Crippen LogP contribution in [0.5, 0.6) is 0 Å². The Bertz CT molecular complexity index is 575. The molecule has 1 unspecified atom stereocenters. The van der Waals surface area contributed by atoms with Crippen molar-refractivity contribution in [2.75, 3.05) is 11.9 Å². The quantitative estimate of drug-likeness (QED) is 0.765. The molecule has 2 aromatic rings. The molecule has 0 radical (unpaired) electrons. The molecule has 7 heteroatoms. The Hall–Kier alpha value is -2.51. The molecule has 0 aliphatic heterocycles. The number of aliphatic hydroxyl groups excluding tert-OH is 2. The lowest BCUT2D eigenvalue weighted by atomic mass is 10.2. The van der Waals surface area contributed by atoms with Gasteiger partial charge in [0.15, 0.2) is 5.82 Å². The van der Waals surface area contributed by atoms with Crippen LogP contribution in [0.2, 0.25) is 0 Å². The number of nitrogens with one attached hydrogen (secondary N) is 1. The minimum Gasteiger partial charge on any atom is -0.444 e. The van der Waals surface area contributed by atoms with Gasteiger partial charge in [0.1, 0.15) is 12.7 Å². The summed E-state index contributed by atoms with van der Waals surface area (Å²) in [5.41, 5.74) is 1.22. The van der Waals surface area contributed by atoms with Crippen molar-refractivity contribution >= 4 is 11.8 Å². The fraction of sp³-hybridized carbons (Fsp3) is 0.214. The van der Waals surface area contributed by atoms with Crippen LogP contribution in [-0.2, 0) is 11.3 Å². The summed E-state index contributed by atoms with van der Waals surface area (Å²) in [4.78, 5) is 19.2. The highest BCUT2D eigenvalue weighted by molar-refractivity contribution is 5.83. The van der Waals surface area contributed by atoms with Crippen LogP contribution in [0.4, 0.5) is 10.5 Å². The van der Waals surface area contributed by atoms with Gasteiger partial charge in [-0.15, -0.1) is 0 Å². The fourth-order valence-corrected chi connectivity index (χ4v) is 1.53. The van der Waals surface area contributed by atoms with Gasteiger partial charge >= 0.3 is 6.09 Å². The Labute approximate surface area is 121 Å². The van der Waals surface area contributed by atoms with Gasteiger partial charge in [-0.1, -0.05) is 30.3 Å². The summed E-state index contributed by atoms with van der Waals surface area (Å²) in [6.45, 7) is -0.305. The van der Waals surface area contributed by atoms with Crippen LogP contribution < -0.4 is 5.32 Å². The minimum absolute atomic E-state index is 0.0840. The van der Waals surface area contributed by atoms with E-state index in [-0.39, 0.29) is 12.4 Å². The molecule has 0 bridgehead atoms. The van der Waals surface area contributed by atoms with E-state index in [4.69, 9.17) is 9.84 Å². The number of nitrogens with zero attached hydrogens (tertiary/aromatic N) is 2. The number of benzene rings is 1. The number of rotatable bonds is 5. The standard InChI is InChI=1S/C14H15N3O4/c18-8-12(19)13-15-6-11(7-16-13)17-14(20)21-9-10-4-2-1-3-5-10/h1-7,12,18-19H,8-9H2,(H,17,20). The molecule has 1 atom stereocenters.